The van der Waals surface area contributed by atoms with Gasteiger partial charge in [0.1, 0.15) is 0 Å². The van der Waals surface area contributed by atoms with Crippen LogP contribution in [0, 0.1) is 11.8 Å². The third-order valence-electron chi connectivity index (χ3n) is 4.46. The Kier molecular flexibility index (Phi) is 2.71. The van der Waals surface area contributed by atoms with Crippen molar-refractivity contribution in [3.8, 4) is 0 Å². The van der Waals surface area contributed by atoms with Gasteiger partial charge in [-0.3, -0.25) is 9.59 Å². The summed E-state index contributed by atoms with van der Waals surface area (Å²) in [5.41, 5.74) is 0.840. The number of anilines is 1. The van der Waals surface area contributed by atoms with Crippen molar-refractivity contribution in [2.75, 3.05) is 12.0 Å². The first-order chi connectivity index (χ1) is 10.6. The van der Waals surface area contributed by atoms with Gasteiger partial charge in [0.25, 0.3) is 0 Å². The number of carbonyl (C=O) groups excluding carboxylic acids is 3. The van der Waals surface area contributed by atoms with Gasteiger partial charge in [0, 0.05) is 0 Å². The fourth-order valence-corrected chi connectivity index (χ4v) is 3.42. The Balaban J connectivity index is 1.65. The van der Waals surface area contributed by atoms with E-state index in [1.54, 1.807) is 24.3 Å². The van der Waals surface area contributed by atoms with E-state index in [0.717, 1.165) is 0 Å². The number of hydrogen-bond donors (Lipinski definition) is 0. The maximum Gasteiger partial charge on any atom is 0.337 e. The molecule has 22 heavy (non-hydrogen) atoms. The topological polar surface area (TPSA) is 72.9 Å². The molecule has 0 saturated carbocycles. The van der Waals surface area contributed by atoms with E-state index in [0.29, 0.717) is 11.3 Å². The van der Waals surface area contributed by atoms with Gasteiger partial charge in [-0.05, 0) is 24.3 Å². The fraction of sp³-hybridized carbons (Fsp3) is 0.312. The summed E-state index contributed by atoms with van der Waals surface area (Å²) < 4.78 is 10.2. The zero-order valence-electron chi connectivity index (χ0n) is 11.8. The van der Waals surface area contributed by atoms with Crippen LogP contribution in [0.4, 0.5) is 5.69 Å². The Hall–Kier alpha value is -2.47. The molecule has 6 nitrogen and oxygen atoms in total. The van der Waals surface area contributed by atoms with Gasteiger partial charge in [0.15, 0.2) is 0 Å². The summed E-state index contributed by atoms with van der Waals surface area (Å²) in [5, 5.41) is 0. The molecule has 3 aliphatic rings. The van der Waals surface area contributed by atoms with Gasteiger partial charge in [-0.2, -0.15) is 0 Å². The van der Waals surface area contributed by atoms with Crippen molar-refractivity contribution in [3.05, 3.63) is 42.0 Å². The molecule has 0 spiro atoms. The number of nitrogens with zero attached hydrogens (tertiary/aromatic N) is 1. The summed E-state index contributed by atoms with van der Waals surface area (Å²) in [6.07, 6.45) is 3.10. The number of amides is 2. The molecule has 112 valence electrons. The van der Waals surface area contributed by atoms with Gasteiger partial charge in [0.2, 0.25) is 11.8 Å². The van der Waals surface area contributed by atoms with E-state index >= 15 is 0 Å². The highest BCUT2D eigenvalue weighted by molar-refractivity contribution is 6.23. The lowest BCUT2D eigenvalue weighted by molar-refractivity contribution is -0.124. The van der Waals surface area contributed by atoms with Crippen LogP contribution in [0.25, 0.3) is 0 Å². The van der Waals surface area contributed by atoms with Gasteiger partial charge >= 0.3 is 5.97 Å². The molecule has 6 heteroatoms. The van der Waals surface area contributed by atoms with E-state index < -0.39 is 17.8 Å². The minimum absolute atomic E-state index is 0.238. The van der Waals surface area contributed by atoms with Crippen molar-refractivity contribution in [1.82, 2.24) is 0 Å². The van der Waals surface area contributed by atoms with Crippen LogP contribution in [0.15, 0.2) is 36.4 Å². The first kappa shape index (κ1) is 13.2. The second kappa shape index (κ2) is 4.51. The van der Waals surface area contributed by atoms with Crippen LogP contribution < -0.4 is 4.90 Å². The molecule has 0 unspecified atom stereocenters. The highest BCUT2D eigenvalue weighted by Crippen LogP contribution is 2.46. The lowest BCUT2D eigenvalue weighted by atomic mass is 9.85. The zero-order valence-corrected chi connectivity index (χ0v) is 11.8. The summed E-state index contributed by atoms with van der Waals surface area (Å²) >= 11 is 0. The standard InChI is InChI=1S/C16H13NO5/c1-21-16(20)8-2-4-9(5-3-8)17-14(18)12-10-6-7-11(22-10)13(12)15(17)19/h2-7,10-13H,1H3/t10-,11-,12-,13-/m1/s1. The molecule has 3 heterocycles. The van der Waals surface area contributed by atoms with Crippen LogP contribution >= 0.6 is 0 Å². The number of fused-ring (bicyclic) bond motifs is 5. The van der Waals surface area contributed by atoms with E-state index in [1.807, 2.05) is 12.2 Å². The molecule has 0 radical (unpaired) electrons. The summed E-state index contributed by atoms with van der Waals surface area (Å²) in [5.74, 6) is -1.79. The van der Waals surface area contributed by atoms with Crippen molar-refractivity contribution in [2.24, 2.45) is 11.8 Å². The summed E-state index contributed by atoms with van der Waals surface area (Å²) in [7, 11) is 1.30. The number of methoxy groups -OCH3 is 1. The Morgan fingerprint density at radius 2 is 1.59 bits per heavy atom. The van der Waals surface area contributed by atoms with Crippen LogP contribution in [0.1, 0.15) is 10.4 Å². The number of imide groups is 1. The summed E-state index contributed by atoms with van der Waals surface area (Å²) in [4.78, 5) is 37.8. The molecule has 1 aromatic carbocycles. The maximum atomic E-state index is 12.6. The van der Waals surface area contributed by atoms with E-state index in [4.69, 9.17) is 4.74 Å². The van der Waals surface area contributed by atoms with E-state index in [9.17, 15) is 14.4 Å². The molecule has 0 N–H and O–H groups in total. The highest BCUT2D eigenvalue weighted by Gasteiger charge is 2.60. The number of benzene rings is 1. The fourth-order valence-electron chi connectivity index (χ4n) is 3.42. The summed E-state index contributed by atoms with van der Waals surface area (Å²) in [6, 6.07) is 6.25. The average molecular weight is 299 g/mol. The molecule has 4 atom stereocenters. The molecule has 2 amide bonds. The van der Waals surface area contributed by atoms with Gasteiger partial charge in [-0.15, -0.1) is 0 Å². The van der Waals surface area contributed by atoms with E-state index in [1.165, 1.54) is 12.0 Å². The Bertz CT molecular complexity index is 678. The maximum absolute atomic E-state index is 12.6. The predicted octanol–water partition coefficient (Wildman–Crippen LogP) is 0.916. The minimum Gasteiger partial charge on any atom is -0.465 e. The molecule has 0 aromatic heterocycles. The van der Waals surface area contributed by atoms with Gasteiger partial charge in [0.05, 0.1) is 42.4 Å². The predicted molar refractivity (Wildman–Crippen MR) is 75.1 cm³/mol. The summed E-state index contributed by atoms with van der Waals surface area (Å²) in [6.45, 7) is 0. The van der Waals surface area contributed by atoms with E-state index in [-0.39, 0.29) is 24.0 Å². The second-order valence-corrected chi connectivity index (χ2v) is 5.55. The van der Waals surface area contributed by atoms with Crippen LogP contribution in [-0.4, -0.2) is 37.1 Å². The van der Waals surface area contributed by atoms with Crippen molar-refractivity contribution in [1.29, 1.82) is 0 Å². The number of hydrogen-bond acceptors (Lipinski definition) is 5. The number of carbonyl (C=O) groups is 3. The van der Waals surface area contributed by atoms with Gasteiger partial charge < -0.3 is 9.47 Å². The third-order valence-corrected chi connectivity index (χ3v) is 4.46. The molecule has 4 rings (SSSR count). The van der Waals surface area contributed by atoms with Gasteiger partial charge in [-0.25, -0.2) is 9.69 Å². The van der Waals surface area contributed by atoms with E-state index in [2.05, 4.69) is 4.74 Å². The van der Waals surface area contributed by atoms with Crippen LogP contribution in [0.5, 0.6) is 0 Å². The Morgan fingerprint density at radius 1 is 1.05 bits per heavy atom. The number of esters is 1. The normalized spacial score (nSPS) is 31.8. The van der Waals surface area contributed by atoms with Crippen LogP contribution in [-0.2, 0) is 19.1 Å². The number of ether oxygens (including phenoxy) is 2. The lowest BCUT2D eigenvalue weighted by Crippen LogP contribution is -2.34. The monoisotopic (exact) mass is 299 g/mol. The molecule has 1 aromatic rings. The molecule has 2 bridgehead atoms. The van der Waals surface area contributed by atoms with Crippen LogP contribution in [0.3, 0.4) is 0 Å². The minimum atomic E-state index is -0.460. The lowest BCUT2D eigenvalue weighted by Gasteiger charge is -2.17. The molecule has 2 saturated heterocycles. The molecular formula is C16H13NO5. The first-order valence-corrected chi connectivity index (χ1v) is 7.02. The van der Waals surface area contributed by atoms with Crippen molar-refractivity contribution in [2.45, 2.75) is 12.2 Å². The zero-order chi connectivity index (χ0) is 15.4. The molecule has 0 aliphatic carbocycles. The quantitative estimate of drug-likeness (QED) is 0.461. The highest BCUT2D eigenvalue weighted by atomic mass is 16.5. The van der Waals surface area contributed by atoms with Crippen molar-refractivity contribution in [3.63, 3.8) is 0 Å². The van der Waals surface area contributed by atoms with Crippen molar-refractivity contribution >= 4 is 23.5 Å². The van der Waals surface area contributed by atoms with Gasteiger partial charge in [-0.1, -0.05) is 12.2 Å². The van der Waals surface area contributed by atoms with Crippen molar-refractivity contribution < 1.29 is 23.9 Å². The second-order valence-electron chi connectivity index (χ2n) is 5.55. The third kappa shape index (κ3) is 1.61. The average Bonchev–Trinajstić information content (AvgIpc) is 3.21. The Morgan fingerprint density at radius 3 is 2.09 bits per heavy atom. The Labute approximate surface area is 126 Å². The van der Waals surface area contributed by atoms with Crippen LogP contribution in [0.2, 0.25) is 0 Å². The smallest absolute Gasteiger partial charge is 0.337 e. The molecule has 2 fully saturated rings. The SMILES string of the molecule is COC(=O)c1ccc(N2C(=O)[C@H]3[C@H](C2=O)[C@H]2C=C[C@H]3O2)cc1. The first-order valence-electron chi connectivity index (χ1n) is 7.02. The largest absolute Gasteiger partial charge is 0.465 e. The molecular weight excluding hydrogens is 286 g/mol. The molecule has 3 aliphatic heterocycles. The number of rotatable bonds is 2.